The van der Waals surface area contributed by atoms with Gasteiger partial charge in [0, 0.05) is 25.9 Å². The van der Waals surface area contributed by atoms with Crippen LogP contribution in [-0.4, -0.2) is 30.9 Å². The second kappa shape index (κ2) is 6.54. The molecule has 1 heterocycles. The van der Waals surface area contributed by atoms with E-state index in [1.807, 2.05) is 20.8 Å². The maximum Gasteiger partial charge on any atom is 0.293 e. The SMILES string of the molecule is CC(C)(C)OC=O.O=C1CCNCC1. The van der Waals surface area contributed by atoms with Crippen molar-refractivity contribution in [3.05, 3.63) is 0 Å². The standard InChI is InChI=1S/C5H9NO.C5H10O2/c7-5-1-3-6-4-2-5;1-5(2,3)7-4-6/h6H,1-4H2;4H,1-3H3. The van der Waals surface area contributed by atoms with Crippen LogP contribution in [0.2, 0.25) is 0 Å². The molecule has 1 fully saturated rings. The van der Waals surface area contributed by atoms with Crippen LogP contribution >= 0.6 is 0 Å². The molecule has 82 valence electrons. The number of nitrogens with one attached hydrogen (secondary N) is 1. The Balaban J connectivity index is 0.000000241. The number of ether oxygens (including phenoxy) is 1. The van der Waals surface area contributed by atoms with Crippen molar-refractivity contribution in [3.63, 3.8) is 0 Å². The van der Waals surface area contributed by atoms with Crippen LogP contribution in [0.4, 0.5) is 0 Å². The highest BCUT2D eigenvalue weighted by atomic mass is 16.5. The molecule has 0 aromatic carbocycles. The van der Waals surface area contributed by atoms with Gasteiger partial charge in [0.2, 0.25) is 0 Å². The quantitative estimate of drug-likeness (QED) is 0.640. The highest BCUT2D eigenvalue weighted by Crippen LogP contribution is 2.02. The van der Waals surface area contributed by atoms with Crippen molar-refractivity contribution >= 4 is 12.3 Å². The minimum Gasteiger partial charge on any atom is -0.462 e. The summed E-state index contributed by atoms with van der Waals surface area (Å²) < 4.78 is 4.55. The number of hydrogen-bond donors (Lipinski definition) is 1. The zero-order valence-corrected chi connectivity index (χ0v) is 9.13. The molecule has 0 spiro atoms. The van der Waals surface area contributed by atoms with Crippen LogP contribution in [0, 0.1) is 0 Å². The average molecular weight is 201 g/mol. The molecular weight excluding hydrogens is 182 g/mol. The van der Waals surface area contributed by atoms with Gasteiger partial charge in [-0.2, -0.15) is 0 Å². The number of carbonyl (C=O) groups excluding carboxylic acids is 2. The first-order valence-electron chi connectivity index (χ1n) is 4.79. The van der Waals surface area contributed by atoms with Crippen LogP contribution in [0.5, 0.6) is 0 Å². The summed E-state index contributed by atoms with van der Waals surface area (Å²) in [4.78, 5) is 20.0. The molecule has 1 saturated heterocycles. The Morgan fingerprint density at radius 3 is 1.93 bits per heavy atom. The number of Topliss-reactive ketones (excluding diaryl/α,β-unsaturated/α-hetero) is 1. The van der Waals surface area contributed by atoms with Gasteiger partial charge in [0.1, 0.15) is 11.4 Å². The first-order chi connectivity index (χ1) is 6.45. The zero-order chi connectivity index (χ0) is 11.0. The van der Waals surface area contributed by atoms with Crippen LogP contribution in [0.15, 0.2) is 0 Å². The van der Waals surface area contributed by atoms with Crippen molar-refractivity contribution < 1.29 is 14.3 Å². The largest absolute Gasteiger partial charge is 0.462 e. The van der Waals surface area contributed by atoms with Crippen LogP contribution in [0.1, 0.15) is 33.6 Å². The molecule has 1 aliphatic rings. The lowest BCUT2D eigenvalue weighted by molar-refractivity contribution is -0.138. The molecule has 0 aliphatic carbocycles. The van der Waals surface area contributed by atoms with Crippen molar-refractivity contribution in [2.24, 2.45) is 0 Å². The molecule has 0 unspecified atom stereocenters. The van der Waals surface area contributed by atoms with Crippen LogP contribution < -0.4 is 5.32 Å². The molecule has 4 nitrogen and oxygen atoms in total. The topological polar surface area (TPSA) is 55.4 Å². The van der Waals surface area contributed by atoms with Gasteiger partial charge in [-0.05, 0) is 20.8 Å². The fraction of sp³-hybridized carbons (Fsp3) is 0.800. The van der Waals surface area contributed by atoms with Crippen molar-refractivity contribution in [3.8, 4) is 0 Å². The van der Waals surface area contributed by atoms with Crippen molar-refractivity contribution in [2.75, 3.05) is 13.1 Å². The molecule has 0 aromatic rings. The summed E-state index contributed by atoms with van der Waals surface area (Å²) in [6.07, 6.45) is 1.47. The van der Waals surface area contributed by atoms with Crippen LogP contribution in [-0.2, 0) is 14.3 Å². The molecule has 4 heteroatoms. The highest BCUT2D eigenvalue weighted by molar-refractivity contribution is 5.79. The van der Waals surface area contributed by atoms with Gasteiger partial charge in [0.25, 0.3) is 6.47 Å². The number of ketones is 1. The summed E-state index contributed by atoms with van der Waals surface area (Å²) in [5.74, 6) is 0.402. The van der Waals surface area contributed by atoms with Gasteiger partial charge in [-0.25, -0.2) is 0 Å². The highest BCUT2D eigenvalue weighted by Gasteiger charge is 2.07. The van der Waals surface area contributed by atoms with E-state index in [1.165, 1.54) is 0 Å². The van der Waals surface area contributed by atoms with E-state index in [4.69, 9.17) is 0 Å². The van der Waals surface area contributed by atoms with Crippen molar-refractivity contribution in [2.45, 2.75) is 39.2 Å². The van der Waals surface area contributed by atoms with E-state index in [0.29, 0.717) is 12.3 Å². The van der Waals surface area contributed by atoms with Gasteiger partial charge < -0.3 is 10.1 Å². The molecule has 14 heavy (non-hydrogen) atoms. The lowest BCUT2D eigenvalue weighted by Gasteiger charge is -2.14. The minimum absolute atomic E-state index is 0.318. The van der Waals surface area contributed by atoms with Gasteiger partial charge in [-0.3, -0.25) is 9.59 Å². The van der Waals surface area contributed by atoms with E-state index in [1.54, 1.807) is 0 Å². The smallest absolute Gasteiger partial charge is 0.293 e. The Hall–Kier alpha value is -0.900. The van der Waals surface area contributed by atoms with E-state index in [9.17, 15) is 9.59 Å². The van der Waals surface area contributed by atoms with E-state index >= 15 is 0 Å². The summed E-state index contributed by atoms with van der Waals surface area (Å²) in [5.41, 5.74) is -0.318. The molecular formula is C10H19NO3. The lowest BCUT2D eigenvalue weighted by atomic mass is 10.1. The molecule has 0 saturated carbocycles. The lowest BCUT2D eigenvalue weighted by Crippen LogP contribution is -2.27. The number of piperidine rings is 1. The molecule has 0 amide bonds. The van der Waals surface area contributed by atoms with Crippen LogP contribution in [0.3, 0.4) is 0 Å². The fourth-order valence-corrected chi connectivity index (χ4v) is 0.850. The third-order valence-corrected chi connectivity index (χ3v) is 1.56. The van der Waals surface area contributed by atoms with Gasteiger partial charge in [0.15, 0.2) is 0 Å². The van der Waals surface area contributed by atoms with E-state index in [-0.39, 0.29) is 5.60 Å². The number of hydrogen-bond acceptors (Lipinski definition) is 4. The first-order valence-corrected chi connectivity index (χ1v) is 4.79. The molecule has 0 atom stereocenters. The van der Waals surface area contributed by atoms with E-state index in [0.717, 1.165) is 25.9 Å². The van der Waals surface area contributed by atoms with E-state index in [2.05, 4.69) is 10.1 Å². The second-order valence-electron chi connectivity index (χ2n) is 4.12. The summed E-state index contributed by atoms with van der Waals surface area (Å²) in [5, 5.41) is 3.09. The molecule has 0 bridgehead atoms. The zero-order valence-electron chi connectivity index (χ0n) is 9.13. The van der Waals surface area contributed by atoms with E-state index < -0.39 is 0 Å². The Bertz CT molecular complexity index is 176. The average Bonchev–Trinajstić information content (AvgIpc) is 2.04. The monoisotopic (exact) mass is 201 g/mol. The van der Waals surface area contributed by atoms with Gasteiger partial charge in [-0.1, -0.05) is 0 Å². The molecule has 1 rings (SSSR count). The summed E-state index contributed by atoms with van der Waals surface area (Å²) in [7, 11) is 0. The molecule has 1 aliphatic heterocycles. The van der Waals surface area contributed by atoms with Gasteiger partial charge in [-0.15, -0.1) is 0 Å². The molecule has 0 radical (unpaired) electrons. The molecule has 0 aromatic heterocycles. The predicted octanol–water partition coefficient (Wildman–Crippen LogP) is 0.897. The molecule has 1 N–H and O–H groups in total. The predicted molar refractivity (Wildman–Crippen MR) is 54.0 cm³/mol. The Morgan fingerprint density at radius 1 is 1.29 bits per heavy atom. The number of carbonyl (C=O) groups is 2. The summed E-state index contributed by atoms with van der Waals surface area (Å²) >= 11 is 0. The number of rotatable bonds is 1. The maximum atomic E-state index is 10.4. The first kappa shape index (κ1) is 13.1. The summed E-state index contributed by atoms with van der Waals surface area (Å²) in [6, 6.07) is 0. The van der Waals surface area contributed by atoms with Crippen molar-refractivity contribution in [1.82, 2.24) is 5.32 Å². The Labute approximate surface area is 85.0 Å². The fourth-order valence-electron chi connectivity index (χ4n) is 0.850. The second-order valence-corrected chi connectivity index (χ2v) is 4.12. The van der Waals surface area contributed by atoms with Crippen LogP contribution in [0.25, 0.3) is 0 Å². The maximum absolute atomic E-state index is 10.4. The van der Waals surface area contributed by atoms with Gasteiger partial charge >= 0.3 is 0 Å². The third-order valence-electron chi connectivity index (χ3n) is 1.56. The van der Waals surface area contributed by atoms with Gasteiger partial charge in [0.05, 0.1) is 0 Å². The normalized spacial score (nSPS) is 16.6. The Kier molecular flexibility index (Phi) is 6.12. The summed E-state index contributed by atoms with van der Waals surface area (Å²) in [6.45, 7) is 7.70. The van der Waals surface area contributed by atoms with Crippen molar-refractivity contribution in [1.29, 1.82) is 0 Å². The third kappa shape index (κ3) is 9.19. The minimum atomic E-state index is -0.318. The Morgan fingerprint density at radius 2 is 1.79 bits per heavy atom.